The zero-order valence-corrected chi connectivity index (χ0v) is 12.8. The van der Waals surface area contributed by atoms with E-state index in [1.807, 2.05) is 18.2 Å². The van der Waals surface area contributed by atoms with Gasteiger partial charge in [0.1, 0.15) is 5.01 Å². The summed E-state index contributed by atoms with van der Waals surface area (Å²) in [7, 11) is 0. The van der Waals surface area contributed by atoms with Crippen LogP contribution in [-0.4, -0.2) is 15.1 Å². The van der Waals surface area contributed by atoms with E-state index in [2.05, 4.69) is 38.0 Å². The van der Waals surface area contributed by atoms with Crippen LogP contribution in [0.4, 0.5) is 0 Å². The maximum absolute atomic E-state index is 5.24. The highest BCUT2D eigenvalue weighted by Crippen LogP contribution is 2.38. The lowest BCUT2D eigenvalue weighted by Crippen LogP contribution is -2.13. The maximum Gasteiger partial charge on any atom is 0.229 e. The van der Waals surface area contributed by atoms with E-state index < -0.39 is 0 Å². The molecule has 22 heavy (non-hydrogen) atoms. The molecule has 1 fully saturated rings. The van der Waals surface area contributed by atoms with Gasteiger partial charge in [-0.1, -0.05) is 35.5 Å². The Bertz CT molecular complexity index is 748. The highest BCUT2D eigenvalue weighted by Gasteiger charge is 2.29. The quantitative estimate of drug-likeness (QED) is 0.756. The summed E-state index contributed by atoms with van der Waals surface area (Å²) in [5.74, 6) is 2.02. The van der Waals surface area contributed by atoms with E-state index in [4.69, 9.17) is 4.52 Å². The van der Waals surface area contributed by atoms with Crippen molar-refractivity contribution >= 4 is 11.3 Å². The fraction of sp³-hybridized carbons (Fsp3) is 0.312. The van der Waals surface area contributed by atoms with Crippen molar-refractivity contribution in [3.63, 3.8) is 0 Å². The predicted octanol–water partition coefficient (Wildman–Crippen LogP) is 3.36. The number of hydrogen-bond donors (Lipinski definition) is 1. The Balaban J connectivity index is 1.33. The second-order valence-corrected chi connectivity index (χ2v) is 6.36. The average Bonchev–Trinajstić information content (AvgIpc) is 3.11. The smallest absolute Gasteiger partial charge is 0.229 e. The Morgan fingerprint density at radius 1 is 1.14 bits per heavy atom. The van der Waals surface area contributed by atoms with Gasteiger partial charge in [-0.25, -0.2) is 4.98 Å². The molecule has 2 heterocycles. The van der Waals surface area contributed by atoms with Gasteiger partial charge < -0.3 is 9.84 Å². The molecule has 0 unspecified atom stereocenters. The van der Waals surface area contributed by atoms with Crippen molar-refractivity contribution < 1.29 is 4.52 Å². The molecule has 4 rings (SSSR count). The van der Waals surface area contributed by atoms with Gasteiger partial charge in [0.2, 0.25) is 5.89 Å². The molecule has 1 aliphatic rings. The molecule has 0 atom stereocenters. The van der Waals surface area contributed by atoms with Gasteiger partial charge in [0.05, 0.1) is 12.2 Å². The molecule has 1 N–H and O–H groups in total. The molecule has 0 amide bonds. The highest BCUT2D eigenvalue weighted by atomic mass is 32.1. The van der Waals surface area contributed by atoms with Crippen LogP contribution in [0.3, 0.4) is 0 Å². The monoisotopic (exact) mass is 312 g/mol. The second-order valence-electron chi connectivity index (χ2n) is 5.42. The normalized spacial score (nSPS) is 14.4. The van der Waals surface area contributed by atoms with Crippen molar-refractivity contribution in [2.45, 2.75) is 31.8 Å². The van der Waals surface area contributed by atoms with Crippen LogP contribution in [0.25, 0.3) is 11.3 Å². The van der Waals surface area contributed by atoms with Gasteiger partial charge in [-0.15, -0.1) is 11.3 Å². The third-order valence-corrected chi connectivity index (χ3v) is 4.44. The van der Waals surface area contributed by atoms with Crippen molar-refractivity contribution in [1.82, 2.24) is 20.4 Å². The molecule has 3 aromatic rings. The van der Waals surface area contributed by atoms with E-state index >= 15 is 0 Å². The third kappa shape index (κ3) is 3.08. The molecule has 0 aliphatic heterocycles. The van der Waals surface area contributed by atoms with Gasteiger partial charge in [-0.05, 0) is 12.8 Å². The van der Waals surface area contributed by atoms with Gasteiger partial charge in [0.15, 0.2) is 5.82 Å². The molecule has 0 saturated heterocycles. The minimum absolute atomic E-state index is 0.508. The molecular formula is C16H16N4OS. The van der Waals surface area contributed by atoms with E-state index in [-0.39, 0.29) is 0 Å². The Morgan fingerprint density at radius 2 is 2.00 bits per heavy atom. The predicted molar refractivity (Wildman–Crippen MR) is 84.4 cm³/mol. The number of rotatable bonds is 6. The van der Waals surface area contributed by atoms with Crippen LogP contribution in [0.2, 0.25) is 0 Å². The zero-order valence-electron chi connectivity index (χ0n) is 12.0. The maximum atomic E-state index is 5.24. The summed E-state index contributed by atoms with van der Waals surface area (Å²) in [6, 6.07) is 10.2. The minimum atomic E-state index is 0.508. The van der Waals surface area contributed by atoms with Crippen LogP contribution in [0, 0.1) is 0 Å². The van der Waals surface area contributed by atoms with Gasteiger partial charge in [-0.2, -0.15) is 4.98 Å². The molecule has 5 nitrogen and oxygen atoms in total. The molecule has 0 radical (unpaired) electrons. The first-order chi connectivity index (χ1) is 10.9. The summed E-state index contributed by atoms with van der Waals surface area (Å²) in [6.07, 6.45) is 2.35. The first-order valence-corrected chi connectivity index (χ1v) is 8.29. The molecule has 0 spiro atoms. The van der Waals surface area contributed by atoms with Gasteiger partial charge >= 0.3 is 0 Å². The number of thiazole rings is 1. The first-order valence-electron chi connectivity index (χ1n) is 7.41. The standard InChI is InChI=1S/C16H16N4OS/c1-2-4-11(5-3-1)13-10-22-15(18-13)9-17-8-14-19-16(21-20-14)12-6-7-12/h1-5,10,12,17H,6-9H2. The lowest BCUT2D eigenvalue weighted by Gasteiger charge is -1.98. The van der Waals surface area contributed by atoms with E-state index in [0.29, 0.717) is 19.0 Å². The summed E-state index contributed by atoms with van der Waals surface area (Å²) < 4.78 is 5.24. The van der Waals surface area contributed by atoms with Crippen LogP contribution in [0.1, 0.15) is 35.5 Å². The van der Waals surface area contributed by atoms with Crippen LogP contribution >= 0.6 is 11.3 Å². The second kappa shape index (κ2) is 5.98. The largest absolute Gasteiger partial charge is 0.339 e. The van der Waals surface area contributed by atoms with Crippen molar-refractivity contribution in [3.8, 4) is 11.3 Å². The molecule has 112 valence electrons. The fourth-order valence-corrected chi connectivity index (χ4v) is 3.02. The van der Waals surface area contributed by atoms with Crippen LogP contribution in [-0.2, 0) is 13.1 Å². The summed E-state index contributed by atoms with van der Waals surface area (Å²) in [5, 5.41) is 10.5. The molecule has 0 bridgehead atoms. The fourth-order valence-electron chi connectivity index (χ4n) is 2.25. The third-order valence-electron chi connectivity index (χ3n) is 3.59. The number of aromatic nitrogens is 3. The van der Waals surface area contributed by atoms with Crippen molar-refractivity contribution in [2.24, 2.45) is 0 Å². The Kier molecular flexibility index (Phi) is 3.70. The van der Waals surface area contributed by atoms with Crippen molar-refractivity contribution in [1.29, 1.82) is 0 Å². The van der Waals surface area contributed by atoms with Gasteiger partial charge in [0.25, 0.3) is 0 Å². The van der Waals surface area contributed by atoms with Crippen LogP contribution in [0.5, 0.6) is 0 Å². The van der Waals surface area contributed by atoms with Crippen LogP contribution < -0.4 is 5.32 Å². The first kappa shape index (κ1) is 13.6. The summed E-state index contributed by atoms with van der Waals surface area (Å²) in [5.41, 5.74) is 2.18. The Labute approximate surface area is 132 Å². The molecular weight excluding hydrogens is 296 g/mol. The lowest BCUT2D eigenvalue weighted by atomic mass is 10.2. The van der Waals surface area contributed by atoms with E-state index in [0.717, 1.165) is 28.0 Å². The Hall–Kier alpha value is -2.05. The lowest BCUT2D eigenvalue weighted by molar-refractivity contribution is 0.372. The molecule has 2 aromatic heterocycles. The number of hydrogen-bond acceptors (Lipinski definition) is 6. The zero-order chi connectivity index (χ0) is 14.8. The van der Waals surface area contributed by atoms with Crippen molar-refractivity contribution in [2.75, 3.05) is 0 Å². The summed E-state index contributed by atoms with van der Waals surface area (Å²) >= 11 is 1.66. The van der Waals surface area contributed by atoms with E-state index in [1.54, 1.807) is 11.3 Å². The number of nitrogens with zero attached hydrogens (tertiary/aromatic N) is 3. The Morgan fingerprint density at radius 3 is 2.82 bits per heavy atom. The average molecular weight is 312 g/mol. The highest BCUT2D eigenvalue weighted by molar-refractivity contribution is 7.09. The summed E-state index contributed by atoms with van der Waals surface area (Å²) in [4.78, 5) is 9.05. The SMILES string of the molecule is c1ccc(-c2csc(CNCc3noc(C4CC4)n3)n2)cc1. The van der Waals surface area contributed by atoms with E-state index in [9.17, 15) is 0 Å². The minimum Gasteiger partial charge on any atom is -0.339 e. The van der Waals surface area contributed by atoms with E-state index in [1.165, 1.54) is 12.8 Å². The molecule has 1 saturated carbocycles. The molecule has 1 aromatic carbocycles. The number of nitrogens with one attached hydrogen (secondary N) is 1. The van der Waals surface area contributed by atoms with Gasteiger partial charge in [-0.3, -0.25) is 0 Å². The molecule has 6 heteroatoms. The summed E-state index contributed by atoms with van der Waals surface area (Å²) in [6.45, 7) is 1.32. The topological polar surface area (TPSA) is 63.8 Å². The number of benzene rings is 1. The van der Waals surface area contributed by atoms with Crippen LogP contribution in [0.15, 0.2) is 40.2 Å². The van der Waals surface area contributed by atoms with Crippen molar-refractivity contribution in [3.05, 3.63) is 52.4 Å². The van der Waals surface area contributed by atoms with Gasteiger partial charge in [0, 0.05) is 23.4 Å². The molecule has 1 aliphatic carbocycles.